The third-order valence-corrected chi connectivity index (χ3v) is 6.66. The average Bonchev–Trinajstić information content (AvgIpc) is 2.80. The molecule has 1 aliphatic heterocycles. The van der Waals surface area contributed by atoms with E-state index < -0.39 is 6.04 Å². The molecule has 1 amide bonds. The number of likely N-dealkylation sites (tertiary alicyclic amines) is 1. The van der Waals surface area contributed by atoms with Crippen LogP contribution in [0.5, 0.6) is 5.75 Å². The second-order valence-electron chi connectivity index (χ2n) is 8.25. The average molecular weight is 405 g/mol. The highest BCUT2D eigenvalue weighted by atomic mass is 16.5. The summed E-state index contributed by atoms with van der Waals surface area (Å²) in [4.78, 5) is 14.8. The van der Waals surface area contributed by atoms with E-state index >= 15 is 0 Å². The minimum atomic E-state index is -0.545. The summed E-state index contributed by atoms with van der Waals surface area (Å²) in [5.74, 6) is 0.609. The van der Waals surface area contributed by atoms with E-state index in [1.165, 1.54) is 6.42 Å². The second-order valence-corrected chi connectivity index (χ2v) is 8.25. The van der Waals surface area contributed by atoms with E-state index in [-0.39, 0.29) is 30.4 Å². The lowest BCUT2D eigenvalue weighted by atomic mass is 9.72. The van der Waals surface area contributed by atoms with Crippen molar-refractivity contribution in [2.45, 2.75) is 50.1 Å². The summed E-state index contributed by atoms with van der Waals surface area (Å²) in [5, 5.41) is 20.1. The summed E-state index contributed by atoms with van der Waals surface area (Å²) in [6.45, 7) is -0.141. The summed E-state index contributed by atoms with van der Waals surface area (Å²) >= 11 is 0. The van der Waals surface area contributed by atoms with Gasteiger partial charge in [-0.05, 0) is 41.7 Å². The van der Waals surface area contributed by atoms with Gasteiger partial charge in [-0.2, -0.15) is 5.26 Å². The molecule has 30 heavy (non-hydrogen) atoms. The Labute approximate surface area is 177 Å². The van der Waals surface area contributed by atoms with Gasteiger partial charge < -0.3 is 14.7 Å². The molecule has 2 aromatic carbocycles. The van der Waals surface area contributed by atoms with Crippen molar-refractivity contribution in [2.24, 2.45) is 5.92 Å². The van der Waals surface area contributed by atoms with Crippen molar-refractivity contribution in [3.05, 3.63) is 54.1 Å². The summed E-state index contributed by atoms with van der Waals surface area (Å²) in [5.41, 5.74) is 3.05. The van der Waals surface area contributed by atoms with Gasteiger partial charge in [0.15, 0.2) is 0 Å². The van der Waals surface area contributed by atoms with E-state index in [9.17, 15) is 15.2 Å². The van der Waals surface area contributed by atoms with Gasteiger partial charge in [0.2, 0.25) is 5.91 Å². The van der Waals surface area contributed by atoms with Crippen LogP contribution in [0.3, 0.4) is 0 Å². The number of aliphatic hydroxyl groups excluding tert-OH is 1. The van der Waals surface area contributed by atoms with Crippen molar-refractivity contribution >= 4 is 5.91 Å². The lowest BCUT2D eigenvalue weighted by molar-refractivity contribution is -0.152. The molecule has 0 spiro atoms. The van der Waals surface area contributed by atoms with E-state index in [0.717, 1.165) is 48.1 Å². The first-order chi connectivity index (χ1) is 14.7. The molecule has 0 unspecified atom stereocenters. The van der Waals surface area contributed by atoms with Gasteiger partial charge in [0.25, 0.3) is 0 Å². The number of nitrogens with zero attached hydrogens (tertiary/aromatic N) is 2. The zero-order valence-electron chi connectivity index (χ0n) is 17.3. The first-order valence-electron chi connectivity index (χ1n) is 10.8. The molecule has 3 atom stereocenters. The molecule has 2 aromatic rings. The van der Waals surface area contributed by atoms with Crippen molar-refractivity contribution in [3.63, 3.8) is 0 Å². The molecule has 0 aromatic heterocycles. The van der Waals surface area contributed by atoms with Gasteiger partial charge >= 0.3 is 0 Å². The predicted molar refractivity (Wildman–Crippen MR) is 115 cm³/mol. The third-order valence-electron chi connectivity index (χ3n) is 6.66. The molecular weight excluding hydrogens is 376 g/mol. The monoisotopic (exact) mass is 404 g/mol. The number of aliphatic hydroxyl groups is 1. The Kier molecular flexibility index (Phi) is 6.06. The van der Waals surface area contributed by atoms with Crippen LogP contribution in [0.25, 0.3) is 11.1 Å². The topological polar surface area (TPSA) is 73.6 Å². The summed E-state index contributed by atoms with van der Waals surface area (Å²) in [7, 11) is 1.64. The Morgan fingerprint density at radius 1 is 1.13 bits per heavy atom. The van der Waals surface area contributed by atoms with Crippen LogP contribution in [0.15, 0.2) is 48.5 Å². The molecule has 2 aliphatic rings. The number of hydrogen-bond donors (Lipinski definition) is 1. The van der Waals surface area contributed by atoms with Crippen molar-refractivity contribution in [1.82, 2.24) is 4.90 Å². The van der Waals surface area contributed by atoms with Gasteiger partial charge in [-0.1, -0.05) is 55.7 Å². The summed E-state index contributed by atoms with van der Waals surface area (Å²) in [6.07, 6.45) is 5.08. The zero-order valence-corrected chi connectivity index (χ0v) is 17.3. The van der Waals surface area contributed by atoms with Crippen molar-refractivity contribution in [1.29, 1.82) is 5.26 Å². The van der Waals surface area contributed by atoms with Crippen LogP contribution in [0, 0.1) is 17.2 Å². The van der Waals surface area contributed by atoms with E-state index in [1.807, 2.05) is 48.5 Å². The summed E-state index contributed by atoms with van der Waals surface area (Å²) < 4.78 is 5.26. The lowest BCUT2D eigenvalue weighted by Crippen LogP contribution is -2.66. The third kappa shape index (κ3) is 3.57. The highest BCUT2D eigenvalue weighted by Gasteiger charge is 2.53. The Morgan fingerprint density at radius 2 is 1.83 bits per heavy atom. The Morgan fingerprint density at radius 3 is 2.47 bits per heavy atom. The first kappa shape index (κ1) is 20.4. The standard InChI is InChI=1S/C25H28N2O3/c1-30-19-13-11-17(12-14-19)20-9-5-6-10-21(20)24-22(15-26)27(23(24)16-28)25(29)18-7-3-2-4-8-18/h5-6,9-14,18,22-24,28H,2-4,7-8,16H2,1H3/t22-,23+,24+/m0/s1. The molecule has 5 heteroatoms. The number of rotatable bonds is 5. The number of amides is 1. The van der Waals surface area contributed by atoms with Crippen molar-refractivity contribution in [3.8, 4) is 22.9 Å². The zero-order chi connectivity index (χ0) is 21.1. The molecule has 1 saturated heterocycles. The Hall–Kier alpha value is -2.84. The highest BCUT2D eigenvalue weighted by Crippen LogP contribution is 2.45. The molecular formula is C25H28N2O3. The number of nitriles is 1. The lowest BCUT2D eigenvalue weighted by Gasteiger charge is -2.53. The number of hydrogen-bond acceptors (Lipinski definition) is 4. The van der Waals surface area contributed by atoms with E-state index in [4.69, 9.17) is 4.74 Å². The quantitative estimate of drug-likeness (QED) is 0.813. The summed E-state index contributed by atoms with van der Waals surface area (Å²) in [6, 6.07) is 17.2. The normalized spacial score (nSPS) is 24.0. The first-order valence-corrected chi connectivity index (χ1v) is 10.8. The van der Waals surface area contributed by atoms with Crippen LogP contribution in [-0.4, -0.2) is 41.7 Å². The molecule has 0 radical (unpaired) electrons. The van der Waals surface area contributed by atoms with Gasteiger partial charge in [0, 0.05) is 11.8 Å². The fourth-order valence-electron chi connectivity index (χ4n) is 5.06. The Balaban J connectivity index is 1.65. The smallest absolute Gasteiger partial charge is 0.227 e. The number of methoxy groups -OCH3 is 1. The SMILES string of the molecule is COc1ccc(-c2ccccc2[C@H]2[C@@H](CO)N(C(=O)C3CCCCC3)[C@H]2C#N)cc1. The number of benzene rings is 2. The van der Waals surface area contributed by atoms with E-state index in [1.54, 1.807) is 12.0 Å². The van der Waals surface area contributed by atoms with Crippen molar-refractivity contribution in [2.75, 3.05) is 13.7 Å². The van der Waals surface area contributed by atoms with Gasteiger partial charge in [0.1, 0.15) is 11.8 Å². The number of carbonyl (C=O) groups is 1. The van der Waals surface area contributed by atoms with Crippen LogP contribution in [-0.2, 0) is 4.79 Å². The molecule has 1 N–H and O–H groups in total. The molecule has 2 fully saturated rings. The maximum atomic E-state index is 13.2. The predicted octanol–water partition coefficient (Wildman–Crippen LogP) is 4.12. The molecule has 4 rings (SSSR count). The second kappa shape index (κ2) is 8.89. The van der Waals surface area contributed by atoms with Gasteiger partial charge in [-0.15, -0.1) is 0 Å². The maximum Gasteiger partial charge on any atom is 0.227 e. The number of carbonyl (C=O) groups excluding carboxylic acids is 1. The highest BCUT2D eigenvalue weighted by molar-refractivity contribution is 5.82. The molecule has 5 nitrogen and oxygen atoms in total. The minimum absolute atomic E-state index is 0.0126. The van der Waals surface area contributed by atoms with E-state index in [2.05, 4.69) is 6.07 Å². The maximum absolute atomic E-state index is 13.2. The van der Waals surface area contributed by atoms with Crippen LogP contribution in [0.1, 0.15) is 43.6 Å². The fraction of sp³-hybridized carbons (Fsp3) is 0.440. The van der Waals surface area contributed by atoms with Crippen molar-refractivity contribution < 1.29 is 14.6 Å². The largest absolute Gasteiger partial charge is 0.497 e. The van der Waals surface area contributed by atoms with Crippen LogP contribution >= 0.6 is 0 Å². The molecule has 1 heterocycles. The van der Waals surface area contributed by atoms with Crippen LogP contribution < -0.4 is 4.74 Å². The fourth-order valence-corrected chi connectivity index (χ4v) is 5.06. The molecule has 1 aliphatic carbocycles. The molecule has 0 bridgehead atoms. The Bertz CT molecular complexity index is 928. The molecule has 156 valence electrons. The van der Waals surface area contributed by atoms with Gasteiger partial charge in [0.05, 0.1) is 25.8 Å². The van der Waals surface area contributed by atoms with Crippen LogP contribution in [0.4, 0.5) is 0 Å². The number of ether oxygens (including phenoxy) is 1. The van der Waals surface area contributed by atoms with Gasteiger partial charge in [-0.3, -0.25) is 4.79 Å². The minimum Gasteiger partial charge on any atom is -0.497 e. The van der Waals surface area contributed by atoms with Crippen LogP contribution in [0.2, 0.25) is 0 Å². The van der Waals surface area contributed by atoms with Gasteiger partial charge in [-0.25, -0.2) is 0 Å². The van der Waals surface area contributed by atoms with E-state index in [0.29, 0.717) is 0 Å². The molecule has 1 saturated carbocycles.